The molecule has 4 heteroatoms. The molecule has 1 fully saturated rings. The summed E-state index contributed by atoms with van der Waals surface area (Å²) in [5.41, 5.74) is 1.11. The average molecular weight is 284 g/mol. The molecule has 1 saturated heterocycles. The van der Waals surface area contributed by atoms with E-state index in [0.29, 0.717) is 13.2 Å². The van der Waals surface area contributed by atoms with Crippen LogP contribution in [0.2, 0.25) is 0 Å². The van der Waals surface area contributed by atoms with Gasteiger partial charge in [-0.25, -0.2) is 0 Å². The van der Waals surface area contributed by atoms with Crippen LogP contribution in [0.15, 0.2) is 42.5 Å². The van der Waals surface area contributed by atoms with Crippen LogP contribution in [0, 0.1) is 0 Å². The van der Waals surface area contributed by atoms with Crippen LogP contribution in [0.4, 0.5) is 0 Å². The van der Waals surface area contributed by atoms with E-state index in [-0.39, 0.29) is 18.0 Å². The summed E-state index contributed by atoms with van der Waals surface area (Å²) in [6, 6.07) is 14.3. The van der Waals surface area contributed by atoms with Crippen LogP contribution >= 0.6 is 0 Å². The van der Waals surface area contributed by atoms with Gasteiger partial charge in [-0.2, -0.15) is 0 Å². The minimum atomic E-state index is -0.248. The molecule has 0 aromatic heterocycles. The summed E-state index contributed by atoms with van der Waals surface area (Å²) in [7, 11) is 0. The van der Waals surface area contributed by atoms with Crippen molar-refractivity contribution in [1.82, 2.24) is 10.6 Å². The molecule has 110 valence electrons. The molecule has 2 atom stereocenters. The Labute approximate surface area is 124 Å². The Balaban J connectivity index is 1.71. The van der Waals surface area contributed by atoms with Crippen molar-refractivity contribution in [2.75, 3.05) is 19.8 Å². The lowest BCUT2D eigenvalue weighted by Crippen LogP contribution is -2.51. The molecule has 4 nitrogen and oxygen atoms in total. The molecule has 1 aliphatic heterocycles. The predicted octanol–water partition coefficient (Wildman–Crippen LogP) is 2.01. The van der Waals surface area contributed by atoms with E-state index in [1.165, 1.54) is 10.8 Å². The smallest absolute Gasteiger partial charge is 0.240 e. The van der Waals surface area contributed by atoms with Crippen LogP contribution in [-0.2, 0) is 9.53 Å². The summed E-state index contributed by atoms with van der Waals surface area (Å²) in [6.07, 6.45) is 0. The number of hydrogen-bond acceptors (Lipinski definition) is 3. The molecule has 0 bridgehead atoms. The van der Waals surface area contributed by atoms with Gasteiger partial charge in [0.05, 0.1) is 19.3 Å². The van der Waals surface area contributed by atoms with E-state index in [0.717, 1.165) is 12.1 Å². The SMILES string of the molecule is CC(NC(=O)C1COCCN1)c1ccc2ccccc2c1. The third-order valence-corrected chi connectivity index (χ3v) is 3.87. The number of hydrogen-bond donors (Lipinski definition) is 2. The van der Waals surface area contributed by atoms with Crippen molar-refractivity contribution in [2.24, 2.45) is 0 Å². The standard InChI is InChI=1S/C17H20N2O2/c1-12(19-17(20)16-11-21-9-8-18-16)14-7-6-13-4-2-3-5-15(13)10-14/h2-7,10,12,16,18H,8-9,11H2,1H3,(H,19,20). The quantitative estimate of drug-likeness (QED) is 0.906. The lowest BCUT2D eigenvalue weighted by Gasteiger charge is -2.25. The first-order valence-electron chi connectivity index (χ1n) is 7.34. The Morgan fingerprint density at radius 2 is 2.10 bits per heavy atom. The second-order valence-electron chi connectivity index (χ2n) is 5.42. The van der Waals surface area contributed by atoms with Gasteiger partial charge >= 0.3 is 0 Å². The molecule has 21 heavy (non-hydrogen) atoms. The summed E-state index contributed by atoms with van der Waals surface area (Å²) in [6.45, 7) is 3.84. The Morgan fingerprint density at radius 1 is 1.29 bits per heavy atom. The second kappa shape index (κ2) is 6.24. The van der Waals surface area contributed by atoms with Crippen LogP contribution in [0.25, 0.3) is 10.8 Å². The number of carbonyl (C=O) groups excluding carboxylic acids is 1. The highest BCUT2D eigenvalue weighted by molar-refractivity contribution is 5.84. The molecule has 2 unspecified atom stereocenters. The minimum Gasteiger partial charge on any atom is -0.378 e. The van der Waals surface area contributed by atoms with Gasteiger partial charge in [0, 0.05) is 6.54 Å². The zero-order valence-electron chi connectivity index (χ0n) is 12.1. The monoisotopic (exact) mass is 284 g/mol. The molecule has 2 N–H and O–H groups in total. The Bertz CT molecular complexity index is 635. The van der Waals surface area contributed by atoms with E-state index in [4.69, 9.17) is 4.74 Å². The van der Waals surface area contributed by atoms with Crippen molar-refractivity contribution in [1.29, 1.82) is 0 Å². The Hall–Kier alpha value is -1.91. The van der Waals surface area contributed by atoms with Crippen molar-refractivity contribution >= 4 is 16.7 Å². The summed E-state index contributed by atoms with van der Waals surface area (Å²) >= 11 is 0. The number of fused-ring (bicyclic) bond motifs is 1. The normalized spacial score (nSPS) is 20.1. The van der Waals surface area contributed by atoms with E-state index >= 15 is 0 Å². The molecule has 0 radical (unpaired) electrons. The van der Waals surface area contributed by atoms with Gasteiger partial charge < -0.3 is 15.4 Å². The fraction of sp³-hybridized carbons (Fsp3) is 0.353. The minimum absolute atomic E-state index is 0.00430. The van der Waals surface area contributed by atoms with Gasteiger partial charge in [-0.3, -0.25) is 4.79 Å². The molecule has 1 heterocycles. The van der Waals surface area contributed by atoms with Crippen LogP contribution in [0.5, 0.6) is 0 Å². The molecular formula is C17H20N2O2. The number of amides is 1. The second-order valence-corrected chi connectivity index (χ2v) is 5.42. The molecule has 2 aromatic carbocycles. The van der Waals surface area contributed by atoms with Crippen LogP contribution in [0.1, 0.15) is 18.5 Å². The van der Waals surface area contributed by atoms with Crippen LogP contribution < -0.4 is 10.6 Å². The van der Waals surface area contributed by atoms with Crippen molar-refractivity contribution < 1.29 is 9.53 Å². The number of nitrogens with one attached hydrogen (secondary N) is 2. The van der Waals surface area contributed by atoms with Crippen molar-refractivity contribution in [3.05, 3.63) is 48.0 Å². The topological polar surface area (TPSA) is 50.4 Å². The van der Waals surface area contributed by atoms with Crippen molar-refractivity contribution in [3.8, 4) is 0 Å². The van der Waals surface area contributed by atoms with E-state index in [2.05, 4.69) is 41.0 Å². The Kier molecular flexibility index (Phi) is 4.18. The highest BCUT2D eigenvalue weighted by atomic mass is 16.5. The summed E-state index contributed by atoms with van der Waals surface area (Å²) in [5, 5.41) is 8.62. The lowest BCUT2D eigenvalue weighted by molar-refractivity contribution is -0.126. The number of rotatable bonds is 3. The molecule has 3 rings (SSSR count). The van der Waals surface area contributed by atoms with Gasteiger partial charge in [-0.1, -0.05) is 36.4 Å². The predicted molar refractivity (Wildman–Crippen MR) is 83.1 cm³/mol. The fourth-order valence-corrected chi connectivity index (χ4v) is 2.61. The maximum Gasteiger partial charge on any atom is 0.240 e. The third kappa shape index (κ3) is 3.23. The van der Waals surface area contributed by atoms with Gasteiger partial charge in [0.2, 0.25) is 5.91 Å². The van der Waals surface area contributed by atoms with E-state index in [1.807, 2.05) is 19.1 Å². The van der Waals surface area contributed by atoms with Crippen molar-refractivity contribution in [2.45, 2.75) is 19.0 Å². The summed E-state index contributed by atoms with van der Waals surface area (Å²) < 4.78 is 5.32. The number of ether oxygens (including phenoxy) is 1. The lowest BCUT2D eigenvalue weighted by atomic mass is 10.0. The van der Waals surface area contributed by atoms with E-state index < -0.39 is 0 Å². The van der Waals surface area contributed by atoms with Gasteiger partial charge in [0.15, 0.2) is 0 Å². The number of morpholine rings is 1. The maximum absolute atomic E-state index is 12.2. The average Bonchev–Trinajstić information content (AvgIpc) is 2.55. The highest BCUT2D eigenvalue weighted by Crippen LogP contribution is 2.20. The molecule has 0 spiro atoms. The Morgan fingerprint density at radius 3 is 2.86 bits per heavy atom. The zero-order valence-corrected chi connectivity index (χ0v) is 12.1. The zero-order chi connectivity index (χ0) is 14.7. The maximum atomic E-state index is 12.2. The highest BCUT2D eigenvalue weighted by Gasteiger charge is 2.22. The number of carbonyl (C=O) groups is 1. The molecule has 2 aromatic rings. The third-order valence-electron chi connectivity index (χ3n) is 3.87. The summed E-state index contributed by atoms with van der Waals surface area (Å²) in [4.78, 5) is 12.2. The molecule has 0 aliphatic carbocycles. The van der Waals surface area contributed by atoms with Gasteiger partial charge in [-0.05, 0) is 29.3 Å². The van der Waals surface area contributed by atoms with Crippen LogP contribution in [-0.4, -0.2) is 31.7 Å². The first-order valence-corrected chi connectivity index (χ1v) is 7.34. The molecular weight excluding hydrogens is 264 g/mol. The number of benzene rings is 2. The van der Waals surface area contributed by atoms with E-state index in [9.17, 15) is 4.79 Å². The van der Waals surface area contributed by atoms with E-state index in [1.54, 1.807) is 0 Å². The van der Waals surface area contributed by atoms with Crippen molar-refractivity contribution in [3.63, 3.8) is 0 Å². The summed E-state index contributed by atoms with van der Waals surface area (Å²) in [5.74, 6) is -0.00430. The first kappa shape index (κ1) is 14.0. The first-order chi connectivity index (χ1) is 10.2. The fourth-order valence-electron chi connectivity index (χ4n) is 2.61. The largest absolute Gasteiger partial charge is 0.378 e. The molecule has 1 aliphatic rings. The molecule has 1 amide bonds. The molecule has 0 saturated carbocycles. The van der Waals surface area contributed by atoms with Crippen LogP contribution in [0.3, 0.4) is 0 Å². The van der Waals surface area contributed by atoms with Gasteiger partial charge in [0.25, 0.3) is 0 Å². The van der Waals surface area contributed by atoms with Gasteiger partial charge in [-0.15, -0.1) is 0 Å². The van der Waals surface area contributed by atoms with Gasteiger partial charge in [0.1, 0.15) is 6.04 Å².